The number of hydrogen-bond donors (Lipinski definition) is 1. The molecule has 0 saturated carbocycles. The second-order valence-corrected chi connectivity index (χ2v) is 6.70. The van der Waals surface area contributed by atoms with Crippen LogP contribution in [0.1, 0.15) is 30.1 Å². The summed E-state index contributed by atoms with van der Waals surface area (Å²) in [6, 6.07) is 13.5. The number of nitrogen functional groups attached to an aromatic ring is 1. The number of pyridine rings is 1. The van der Waals surface area contributed by atoms with Gasteiger partial charge in [0, 0.05) is 31.2 Å². The van der Waals surface area contributed by atoms with Gasteiger partial charge in [0.1, 0.15) is 0 Å². The summed E-state index contributed by atoms with van der Waals surface area (Å²) in [5, 5.41) is 0. The highest BCUT2D eigenvalue weighted by Crippen LogP contribution is 2.25. The van der Waals surface area contributed by atoms with Gasteiger partial charge >= 0.3 is 0 Å². The van der Waals surface area contributed by atoms with Gasteiger partial charge in [0.25, 0.3) is 0 Å². The first-order valence-electron chi connectivity index (χ1n) is 8.87. The molecule has 0 bridgehead atoms. The van der Waals surface area contributed by atoms with Gasteiger partial charge < -0.3 is 15.5 Å². The zero-order valence-corrected chi connectivity index (χ0v) is 14.8. The normalized spacial score (nSPS) is 15.9. The summed E-state index contributed by atoms with van der Waals surface area (Å²) in [5.41, 5.74) is 8.59. The van der Waals surface area contributed by atoms with Crippen LogP contribution in [-0.2, 0) is 11.2 Å². The third kappa shape index (κ3) is 4.57. The van der Waals surface area contributed by atoms with Crippen molar-refractivity contribution in [1.82, 2.24) is 14.8 Å². The summed E-state index contributed by atoms with van der Waals surface area (Å²) in [5.74, 6) is 0.0744. The van der Waals surface area contributed by atoms with Crippen molar-refractivity contribution in [2.45, 2.75) is 25.3 Å². The molecule has 1 aliphatic rings. The minimum absolute atomic E-state index is 0.00203. The third-order valence-corrected chi connectivity index (χ3v) is 4.84. The minimum atomic E-state index is -0.00203. The topological polar surface area (TPSA) is 62.5 Å². The van der Waals surface area contributed by atoms with E-state index in [0.717, 1.165) is 36.6 Å². The van der Waals surface area contributed by atoms with E-state index in [4.69, 9.17) is 5.73 Å². The molecule has 2 aromatic rings. The lowest BCUT2D eigenvalue weighted by Gasteiger charge is -2.32. The van der Waals surface area contributed by atoms with Crippen LogP contribution < -0.4 is 5.73 Å². The number of aromatic nitrogens is 1. The first kappa shape index (κ1) is 17.4. The Bertz CT molecular complexity index is 698. The van der Waals surface area contributed by atoms with Crippen molar-refractivity contribution >= 4 is 11.6 Å². The Morgan fingerprint density at radius 3 is 2.72 bits per heavy atom. The Hall–Kier alpha value is -2.40. The molecule has 5 heteroatoms. The standard InChI is InChI=1S/C20H26N4O/c1-23(20(25)14-18-9-2-3-10-22-18)19(15-24-11-4-5-12-24)16-7-6-8-17(21)13-16/h2-3,6-10,13,19H,4-5,11-12,14-15,21H2,1H3. The van der Waals surface area contributed by atoms with E-state index in [9.17, 15) is 4.79 Å². The molecule has 1 aliphatic heterocycles. The average Bonchev–Trinajstić information content (AvgIpc) is 3.13. The van der Waals surface area contributed by atoms with Gasteiger partial charge in [-0.3, -0.25) is 9.78 Å². The number of nitrogens with zero attached hydrogens (tertiary/aromatic N) is 3. The van der Waals surface area contributed by atoms with E-state index in [2.05, 4.69) is 16.0 Å². The van der Waals surface area contributed by atoms with Crippen LogP contribution in [-0.4, -0.2) is 47.4 Å². The van der Waals surface area contributed by atoms with Crippen LogP contribution in [0.15, 0.2) is 48.7 Å². The van der Waals surface area contributed by atoms with E-state index >= 15 is 0 Å². The van der Waals surface area contributed by atoms with Gasteiger partial charge in [0.05, 0.1) is 12.5 Å². The summed E-state index contributed by atoms with van der Waals surface area (Å²) in [4.78, 5) is 21.4. The number of anilines is 1. The fourth-order valence-corrected chi connectivity index (χ4v) is 3.38. The highest BCUT2D eigenvalue weighted by Gasteiger charge is 2.26. The molecule has 1 aromatic heterocycles. The number of hydrogen-bond acceptors (Lipinski definition) is 4. The summed E-state index contributed by atoms with van der Waals surface area (Å²) in [6.45, 7) is 3.04. The molecular formula is C20H26N4O. The van der Waals surface area contributed by atoms with Crippen molar-refractivity contribution in [2.75, 3.05) is 32.4 Å². The molecule has 1 atom stereocenters. The van der Waals surface area contributed by atoms with Crippen LogP contribution in [0.4, 0.5) is 5.69 Å². The first-order valence-corrected chi connectivity index (χ1v) is 8.87. The lowest BCUT2D eigenvalue weighted by atomic mass is 10.0. The largest absolute Gasteiger partial charge is 0.399 e. The van der Waals surface area contributed by atoms with Gasteiger partial charge in [-0.05, 0) is 55.8 Å². The Morgan fingerprint density at radius 2 is 2.04 bits per heavy atom. The van der Waals surface area contributed by atoms with Crippen LogP contribution in [0.2, 0.25) is 0 Å². The van der Waals surface area contributed by atoms with Crippen molar-refractivity contribution in [1.29, 1.82) is 0 Å². The summed E-state index contributed by atoms with van der Waals surface area (Å²) in [7, 11) is 1.88. The number of rotatable bonds is 6. The number of likely N-dealkylation sites (N-methyl/N-ethyl adjacent to an activating group) is 1. The molecule has 2 heterocycles. The lowest BCUT2D eigenvalue weighted by Crippen LogP contribution is -2.39. The van der Waals surface area contributed by atoms with Crippen molar-refractivity contribution in [3.05, 3.63) is 59.9 Å². The van der Waals surface area contributed by atoms with E-state index in [1.54, 1.807) is 6.20 Å². The van der Waals surface area contributed by atoms with Crippen molar-refractivity contribution in [3.63, 3.8) is 0 Å². The van der Waals surface area contributed by atoms with Crippen LogP contribution >= 0.6 is 0 Å². The van der Waals surface area contributed by atoms with Crippen LogP contribution in [0.25, 0.3) is 0 Å². The number of likely N-dealkylation sites (tertiary alicyclic amines) is 1. The molecule has 25 heavy (non-hydrogen) atoms. The van der Waals surface area contributed by atoms with Crippen LogP contribution in [0.5, 0.6) is 0 Å². The van der Waals surface area contributed by atoms with Crippen molar-refractivity contribution in [2.24, 2.45) is 0 Å². The molecule has 0 radical (unpaired) electrons. The van der Waals surface area contributed by atoms with E-state index in [0.29, 0.717) is 6.42 Å². The SMILES string of the molecule is CN(C(=O)Cc1ccccn1)C(CN1CCCC1)c1cccc(N)c1. The quantitative estimate of drug-likeness (QED) is 0.822. The number of carbonyl (C=O) groups is 1. The maximum atomic E-state index is 12.8. The molecule has 1 unspecified atom stereocenters. The van der Waals surface area contributed by atoms with E-state index < -0.39 is 0 Å². The highest BCUT2D eigenvalue weighted by molar-refractivity contribution is 5.78. The van der Waals surface area contributed by atoms with Gasteiger partial charge in [0.15, 0.2) is 0 Å². The predicted octanol–water partition coefficient (Wildman–Crippen LogP) is 2.50. The molecule has 1 amide bonds. The average molecular weight is 338 g/mol. The summed E-state index contributed by atoms with van der Waals surface area (Å²) in [6.07, 6.45) is 4.50. The van der Waals surface area contributed by atoms with E-state index in [-0.39, 0.29) is 11.9 Å². The van der Waals surface area contributed by atoms with Gasteiger partial charge in [-0.25, -0.2) is 0 Å². The maximum absolute atomic E-state index is 12.8. The molecule has 3 rings (SSSR count). The van der Waals surface area contributed by atoms with Crippen molar-refractivity contribution < 1.29 is 4.79 Å². The number of benzene rings is 1. The molecule has 5 nitrogen and oxygen atoms in total. The van der Waals surface area contributed by atoms with E-state index in [1.165, 1.54) is 12.8 Å². The monoisotopic (exact) mass is 338 g/mol. The molecule has 0 aliphatic carbocycles. The fraction of sp³-hybridized carbons (Fsp3) is 0.400. The smallest absolute Gasteiger partial charge is 0.228 e. The van der Waals surface area contributed by atoms with Crippen molar-refractivity contribution in [3.8, 4) is 0 Å². The minimum Gasteiger partial charge on any atom is -0.399 e. The Balaban J connectivity index is 1.78. The number of carbonyl (C=O) groups excluding carboxylic acids is 1. The molecule has 1 fully saturated rings. The van der Waals surface area contributed by atoms with Gasteiger partial charge in [-0.2, -0.15) is 0 Å². The zero-order chi connectivity index (χ0) is 17.6. The molecule has 1 saturated heterocycles. The Labute approximate surface area is 149 Å². The molecule has 1 aromatic carbocycles. The highest BCUT2D eigenvalue weighted by atomic mass is 16.2. The second kappa shape index (κ2) is 8.12. The fourth-order valence-electron chi connectivity index (χ4n) is 3.38. The molecule has 2 N–H and O–H groups in total. The van der Waals surface area contributed by atoms with E-state index in [1.807, 2.05) is 48.3 Å². The first-order chi connectivity index (χ1) is 12.1. The lowest BCUT2D eigenvalue weighted by molar-refractivity contribution is -0.131. The van der Waals surface area contributed by atoms with Crippen LogP contribution in [0, 0.1) is 0 Å². The maximum Gasteiger partial charge on any atom is 0.228 e. The zero-order valence-electron chi connectivity index (χ0n) is 14.8. The summed E-state index contributed by atoms with van der Waals surface area (Å²) >= 11 is 0. The summed E-state index contributed by atoms with van der Waals surface area (Å²) < 4.78 is 0. The van der Waals surface area contributed by atoms with Gasteiger partial charge in [0.2, 0.25) is 5.91 Å². The van der Waals surface area contributed by atoms with Gasteiger partial charge in [-0.15, -0.1) is 0 Å². The van der Waals surface area contributed by atoms with Crippen LogP contribution in [0.3, 0.4) is 0 Å². The molecule has 132 valence electrons. The molecule has 0 spiro atoms. The third-order valence-electron chi connectivity index (χ3n) is 4.84. The number of nitrogens with two attached hydrogens (primary N) is 1. The number of amides is 1. The predicted molar refractivity (Wildman–Crippen MR) is 100.0 cm³/mol. The van der Waals surface area contributed by atoms with Gasteiger partial charge in [-0.1, -0.05) is 18.2 Å². The second-order valence-electron chi connectivity index (χ2n) is 6.70. The Kier molecular flexibility index (Phi) is 5.66. The molecular weight excluding hydrogens is 312 g/mol. The Morgan fingerprint density at radius 1 is 1.24 bits per heavy atom.